The molecule has 2 aromatic carbocycles. The van der Waals surface area contributed by atoms with Gasteiger partial charge in [-0.15, -0.1) is 0 Å². The molecule has 6 rings (SSSR count). The van der Waals surface area contributed by atoms with Crippen LogP contribution in [0, 0.1) is 12.7 Å². The normalized spacial score (nSPS) is 18.0. The molecule has 2 aliphatic heterocycles. The van der Waals surface area contributed by atoms with Crippen molar-refractivity contribution < 1.29 is 22.3 Å². The number of carbonyl (C=O) groups excluding carboxylic acids is 1. The molecule has 0 spiro atoms. The second kappa shape index (κ2) is 11.9. The van der Waals surface area contributed by atoms with Gasteiger partial charge < -0.3 is 20.3 Å². The lowest BCUT2D eigenvalue weighted by Crippen LogP contribution is -2.49. The summed E-state index contributed by atoms with van der Waals surface area (Å²) in [4.78, 5) is 24.5. The molecule has 1 amide bonds. The Balaban J connectivity index is 1.09. The number of rotatable bonds is 7. The number of amides is 1. The number of hydrogen-bond acceptors (Lipinski definition) is 8. The number of sulfone groups is 1. The number of halogens is 1. The van der Waals surface area contributed by atoms with Crippen LogP contribution < -0.4 is 15.4 Å². The molecule has 0 atom stereocenters. The quantitative estimate of drug-likeness (QED) is 0.319. The maximum Gasteiger partial charge on any atom is 0.251 e. The Kier molecular flexibility index (Phi) is 8.06. The number of anilines is 2. The predicted octanol–water partition coefficient (Wildman–Crippen LogP) is 4.37. The summed E-state index contributed by atoms with van der Waals surface area (Å²) in [5.74, 6) is 0.703. The van der Waals surface area contributed by atoms with Gasteiger partial charge in [-0.05, 0) is 74.6 Å². The summed E-state index contributed by atoms with van der Waals surface area (Å²) in [5, 5.41) is 6.50. The number of piperidine rings is 1. The Morgan fingerprint density at radius 2 is 1.81 bits per heavy atom. The van der Waals surface area contributed by atoms with Gasteiger partial charge in [0.15, 0.2) is 23.0 Å². The summed E-state index contributed by atoms with van der Waals surface area (Å²) in [6, 6.07) is 10.7. The van der Waals surface area contributed by atoms with Crippen molar-refractivity contribution >= 4 is 32.9 Å². The fourth-order valence-electron chi connectivity index (χ4n) is 6.09. The lowest BCUT2D eigenvalue weighted by atomic mass is 9.99. The van der Waals surface area contributed by atoms with Gasteiger partial charge in [0.05, 0.1) is 30.5 Å². The first-order valence-electron chi connectivity index (χ1n) is 14.5. The van der Waals surface area contributed by atoms with Gasteiger partial charge in [-0.25, -0.2) is 22.8 Å². The van der Waals surface area contributed by atoms with E-state index in [0.717, 1.165) is 37.2 Å². The number of likely N-dealkylation sites (tertiary alicyclic amines) is 1. The van der Waals surface area contributed by atoms with Crippen molar-refractivity contribution in [2.24, 2.45) is 0 Å². The number of carbonyl (C=O) groups is 1. The first kappa shape index (κ1) is 29.1. The van der Waals surface area contributed by atoms with Gasteiger partial charge in [0, 0.05) is 54.4 Å². The third kappa shape index (κ3) is 6.21. The monoisotopic (exact) mass is 606 g/mol. The molecule has 0 radical (unpaired) electrons. The number of nitrogens with one attached hydrogen (secondary N) is 2. The Hall–Kier alpha value is -4.03. The van der Waals surface area contributed by atoms with E-state index in [1.54, 1.807) is 30.7 Å². The zero-order chi connectivity index (χ0) is 30.1. The highest BCUT2D eigenvalue weighted by Gasteiger charge is 2.31. The molecule has 0 bridgehead atoms. The van der Waals surface area contributed by atoms with Crippen molar-refractivity contribution in [3.05, 3.63) is 71.9 Å². The van der Waals surface area contributed by atoms with Gasteiger partial charge in [0.2, 0.25) is 0 Å². The van der Waals surface area contributed by atoms with E-state index in [-0.39, 0.29) is 29.2 Å². The van der Waals surface area contributed by atoms with Crippen LogP contribution in [0.5, 0.6) is 5.75 Å². The second-order valence-electron chi connectivity index (χ2n) is 11.3. The van der Waals surface area contributed by atoms with Crippen molar-refractivity contribution in [3.63, 3.8) is 0 Å². The summed E-state index contributed by atoms with van der Waals surface area (Å²) in [6.45, 7) is 3.62. The van der Waals surface area contributed by atoms with Gasteiger partial charge in [-0.3, -0.25) is 9.20 Å². The lowest BCUT2D eigenvalue weighted by Gasteiger charge is -2.39. The van der Waals surface area contributed by atoms with Crippen LogP contribution in [-0.4, -0.2) is 77.4 Å². The highest BCUT2D eigenvalue weighted by molar-refractivity contribution is 7.91. The van der Waals surface area contributed by atoms with Crippen molar-refractivity contribution in [1.29, 1.82) is 0 Å². The van der Waals surface area contributed by atoms with Crippen LogP contribution in [-0.2, 0) is 9.84 Å². The van der Waals surface area contributed by atoms with Gasteiger partial charge in [-0.1, -0.05) is 0 Å². The molecule has 43 heavy (non-hydrogen) atoms. The number of hydrogen-bond donors (Lipinski definition) is 2. The molecule has 4 aromatic rings. The number of ether oxygens (including phenoxy) is 1. The van der Waals surface area contributed by atoms with E-state index in [4.69, 9.17) is 4.74 Å². The molecule has 2 fully saturated rings. The highest BCUT2D eigenvalue weighted by atomic mass is 32.2. The minimum Gasteiger partial charge on any atom is -0.494 e. The van der Waals surface area contributed by atoms with Gasteiger partial charge in [0.25, 0.3) is 5.91 Å². The summed E-state index contributed by atoms with van der Waals surface area (Å²) >= 11 is 0. The van der Waals surface area contributed by atoms with E-state index in [1.807, 2.05) is 29.5 Å². The van der Waals surface area contributed by atoms with E-state index in [2.05, 4.69) is 25.5 Å². The molecule has 4 heterocycles. The topological polar surface area (TPSA) is 118 Å². The average Bonchev–Trinajstić information content (AvgIpc) is 3.43. The molecule has 2 aliphatic rings. The maximum absolute atomic E-state index is 14.3. The number of aromatic nitrogens is 3. The van der Waals surface area contributed by atoms with E-state index < -0.39 is 15.7 Å². The van der Waals surface area contributed by atoms with Crippen LogP contribution in [0.2, 0.25) is 0 Å². The Bertz CT molecular complexity index is 1750. The van der Waals surface area contributed by atoms with E-state index in [9.17, 15) is 17.6 Å². The van der Waals surface area contributed by atoms with Crippen molar-refractivity contribution in [2.75, 3.05) is 37.0 Å². The third-order valence-electron chi connectivity index (χ3n) is 8.51. The third-order valence-corrected chi connectivity index (χ3v) is 10.2. The summed E-state index contributed by atoms with van der Waals surface area (Å²) in [6.07, 6.45) is 8.19. The highest BCUT2D eigenvalue weighted by Crippen LogP contribution is 2.29. The second-order valence-corrected chi connectivity index (χ2v) is 13.6. The fraction of sp³-hybridized carbons (Fsp3) is 0.387. The Labute approximate surface area is 250 Å². The SMILES string of the molecule is COc1ccc(-c2cnc3c(Nc4ccc(C(=O)NC5CCN(C6CCS(=O)(=O)CC6)CC5)c(C)c4)nccn23)cc1F. The molecular weight excluding hydrogens is 571 g/mol. The molecule has 2 saturated heterocycles. The average molecular weight is 607 g/mol. The Morgan fingerprint density at radius 3 is 2.51 bits per heavy atom. The molecule has 12 heteroatoms. The molecule has 0 unspecified atom stereocenters. The molecule has 0 aliphatic carbocycles. The summed E-state index contributed by atoms with van der Waals surface area (Å²) in [5.41, 5.74) is 4.15. The van der Waals surface area contributed by atoms with Crippen LogP contribution in [0.3, 0.4) is 0 Å². The van der Waals surface area contributed by atoms with Crippen LogP contribution in [0.1, 0.15) is 41.6 Å². The van der Waals surface area contributed by atoms with Crippen LogP contribution in [0.4, 0.5) is 15.9 Å². The number of benzene rings is 2. The minimum atomic E-state index is -2.87. The maximum atomic E-state index is 14.3. The van der Waals surface area contributed by atoms with E-state index >= 15 is 0 Å². The van der Waals surface area contributed by atoms with E-state index in [0.29, 0.717) is 47.2 Å². The Morgan fingerprint density at radius 1 is 1.05 bits per heavy atom. The van der Waals surface area contributed by atoms with Crippen LogP contribution in [0.15, 0.2) is 55.0 Å². The van der Waals surface area contributed by atoms with Crippen molar-refractivity contribution in [2.45, 2.75) is 44.7 Å². The standard InChI is InChI=1S/C31H35FN6O4S/c1-20-17-23(35-29-30-34-19-27(38(30)14-11-33-29)21-3-6-28(42-2)26(32)18-21)4-5-25(20)31(39)36-22-7-12-37(13-8-22)24-9-15-43(40,41)16-10-24/h3-6,11,14,17-19,22,24H,7-10,12-13,15-16H2,1-2H3,(H,33,35)(H,36,39). The molecule has 0 saturated carbocycles. The molecular formula is C31H35FN6O4S. The zero-order valence-electron chi connectivity index (χ0n) is 24.2. The number of aryl methyl sites for hydroxylation is 1. The summed E-state index contributed by atoms with van der Waals surface area (Å²) < 4.78 is 44.7. The first-order chi connectivity index (χ1) is 20.7. The number of imidazole rings is 1. The lowest BCUT2D eigenvalue weighted by molar-refractivity contribution is 0.0884. The molecule has 10 nitrogen and oxygen atoms in total. The van der Waals surface area contributed by atoms with E-state index in [1.165, 1.54) is 13.2 Å². The molecule has 2 N–H and O–H groups in total. The van der Waals surface area contributed by atoms with Crippen LogP contribution >= 0.6 is 0 Å². The van der Waals surface area contributed by atoms with Crippen molar-refractivity contribution in [1.82, 2.24) is 24.6 Å². The molecule has 2 aromatic heterocycles. The van der Waals surface area contributed by atoms with Crippen LogP contribution in [0.25, 0.3) is 16.9 Å². The first-order valence-corrected chi connectivity index (χ1v) is 16.3. The smallest absolute Gasteiger partial charge is 0.251 e. The number of fused-ring (bicyclic) bond motifs is 1. The van der Waals surface area contributed by atoms with Crippen molar-refractivity contribution in [3.8, 4) is 17.0 Å². The minimum absolute atomic E-state index is 0.0869. The number of methoxy groups -OCH3 is 1. The zero-order valence-corrected chi connectivity index (χ0v) is 25.0. The fourth-order valence-corrected chi connectivity index (χ4v) is 7.56. The van der Waals surface area contributed by atoms with Gasteiger partial charge in [-0.2, -0.15) is 0 Å². The number of nitrogens with zero attached hydrogens (tertiary/aromatic N) is 4. The largest absolute Gasteiger partial charge is 0.494 e. The molecule has 226 valence electrons. The van der Waals surface area contributed by atoms with Gasteiger partial charge >= 0.3 is 0 Å². The summed E-state index contributed by atoms with van der Waals surface area (Å²) in [7, 11) is -1.44. The van der Waals surface area contributed by atoms with Gasteiger partial charge in [0.1, 0.15) is 9.84 Å². The predicted molar refractivity (Wildman–Crippen MR) is 163 cm³/mol.